The van der Waals surface area contributed by atoms with Crippen molar-refractivity contribution in [3.8, 4) is 0 Å². The van der Waals surface area contributed by atoms with Crippen molar-refractivity contribution in [2.24, 2.45) is 10.8 Å². The molecule has 3 fully saturated rings. The molecule has 1 spiro atoms. The second kappa shape index (κ2) is 5.61. The molecule has 7 heteroatoms. The minimum Gasteiger partial charge on any atom is -0.480 e. The number of ether oxygens (including phenoxy) is 1. The summed E-state index contributed by atoms with van der Waals surface area (Å²) in [6.45, 7) is 7.72. The quantitative estimate of drug-likeness (QED) is 0.808. The average molecular weight is 352 g/mol. The lowest BCUT2D eigenvalue weighted by molar-refractivity contribution is -0.149. The second-order valence-electron chi connectivity index (χ2n) is 9.26. The van der Waals surface area contributed by atoms with Crippen LogP contribution in [-0.4, -0.2) is 52.2 Å². The molecule has 1 saturated heterocycles. The summed E-state index contributed by atoms with van der Waals surface area (Å²) in [5, 5.41) is 12.2. The van der Waals surface area contributed by atoms with E-state index >= 15 is 0 Å². The highest BCUT2D eigenvalue weighted by atomic mass is 16.6. The molecule has 2 amide bonds. The van der Waals surface area contributed by atoms with E-state index in [-0.39, 0.29) is 16.7 Å². The number of carboxylic acids is 1. The predicted molar refractivity (Wildman–Crippen MR) is 89.9 cm³/mol. The van der Waals surface area contributed by atoms with Crippen LogP contribution in [-0.2, 0) is 14.3 Å². The molecule has 0 aromatic heterocycles. The molecule has 0 radical (unpaired) electrons. The topological polar surface area (TPSA) is 95.9 Å². The van der Waals surface area contributed by atoms with Gasteiger partial charge in [-0.2, -0.15) is 0 Å². The Balaban J connectivity index is 1.76. The molecule has 7 nitrogen and oxygen atoms in total. The summed E-state index contributed by atoms with van der Waals surface area (Å²) in [7, 11) is 0. The summed E-state index contributed by atoms with van der Waals surface area (Å²) in [6, 6.07) is -1.53. The molecule has 1 aliphatic heterocycles. The predicted octanol–water partition coefficient (Wildman–Crippen LogP) is 2.15. The Kier molecular flexibility index (Phi) is 4.04. The minimum atomic E-state index is -0.964. The third-order valence-corrected chi connectivity index (χ3v) is 5.68. The Morgan fingerprint density at radius 3 is 2.24 bits per heavy atom. The number of hydrogen-bond donors (Lipinski definition) is 2. The van der Waals surface area contributed by atoms with Crippen LogP contribution >= 0.6 is 0 Å². The van der Waals surface area contributed by atoms with Gasteiger partial charge in [-0.05, 0) is 63.7 Å². The van der Waals surface area contributed by atoms with Crippen LogP contribution in [0.4, 0.5) is 4.79 Å². The molecule has 2 N–H and O–H groups in total. The lowest BCUT2D eigenvalue weighted by atomic mass is 9.97. The maximum Gasteiger partial charge on any atom is 0.408 e. The maximum absolute atomic E-state index is 13.2. The number of carbonyl (C=O) groups excluding carboxylic acids is 2. The summed E-state index contributed by atoms with van der Waals surface area (Å²) in [5.41, 5.74) is -0.993. The molecule has 1 unspecified atom stereocenters. The van der Waals surface area contributed by atoms with E-state index in [2.05, 4.69) is 5.32 Å². The summed E-state index contributed by atoms with van der Waals surface area (Å²) in [4.78, 5) is 38.5. The first-order valence-corrected chi connectivity index (χ1v) is 8.98. The number of hydrogen-bond acceptors (Lipinski definition) is 4. The van der Waals surface area contributed by atoms with E-state index in [0.29, 0.717) is 13.0 Å². The smallest absolute Gasteiger partial charge is 0.408 e. The molecule has 140 valence electrons. The molecule has 2 aliphatic carbocycles. The standard InChI is InChI=1S/C18H28N2O5/c1-16(2,3)25-15(24)19-12(17(4)5-6-17)13(21)20-10-18(7-8-18)9-11(20)14(22)23/h11-12H,5-10H2,1-4H3,(H,19,24)(H,22,23)/t11-,12?/m0/s1. The molecule has 2 saturated carbocycles. The second-order valence-corrected chi connectivity index (χ2v) is 9.26. The van der Waals surface area contributed by atoms with Gasteiger partial charge in [-0.15, -0.1) is 0 Å². The summed E-state index contributed by atoms with van der Waals surface area (Å²) < 4.78 is 5.29. The largest absolute Gasteiger partial charge is 0.480 e. The van der Waals surface area contributed by atoms with Crippen LogP contribution in [0.5, 0.6) is 0 Å². The van der Waals surface area contributed by atoms with Crippen molar-refractivity contribution >= 4 is 18.0 Å². The first kappa shape index (κ1) is 18.0. The van der Waals surface area contributed by atoms with E-state index in [0.717, 1.165) is 25.7 Å². The SMILES string of the molecule is CC(C)(C)OC(=O)NC(C(=O)N1CC2(CC2)C[C@H]1C(=O)O)C1(C)CC1. The van der Waals surface area contributed by atoms with E-state index < -0.39 is 29.7 Å². The van der Waals surface area contributed by atoms with Gasteiger partial charge < -0.3 is 20.1 Å². The molecule has 3 rings (SSSR count). The normalized spacial score (nSPS) is 26.9. The number of nitrogens with zero attached hydrogens (tertiary/aromatic N) is 1. The van der Waals surface area contributed by atoms with Crippen molar-refractivity contribution in [1.29, 1.82) is 0 Å². The van der Waals surface area contributed by atoms with Crippen LogP contribution in [0.2, 0.25) is 0 Å². The number of alkyl carbamates (subject to hydrolysis) is 1. The number of carbonyl (C=O) groups is 3. The number of rotatable bonds is 4. The van der Waals surface area contributed by atoms with E-state index in [9.17, 15) is 19.5 Å². The highest BCUT2D eigenvalue weighted by molar-refractivity contribution is 5.91. The van der Waals surface area contributed by atoms with Crippen molar-refractivity contribution in [3.63, 3.8) is 0 Å². The van der Waals surface area contributed by atoms with Crippen LogP contribution in [0.1, 0.15) is 59.8 Å². The molecule has 0 bridgehead atoms. The van der Waals surface area contributed by atoms with Crippen LogP contribution in [0, 0.1) is 10.8 Å². The third kappa shape index (κ3) is 3.75. The van der Waals surface area contributed by atoms with E-state index in [4.69, 9.17) is 4.74 Å². The lowest BCUT2D eigenvalue weighted by Crippen LogP contribution is -2.55. The monoisotopic (exact) mass is 352 g/mol. The van der Waals surface area contributed by atoms with Gasteiger partial charge in [-0.3, -0.25) is 4.79 Å². The Labute approximate surface area is 148 Å². The molecule has 0 aromatic carbocycles. The van der Waals surface area contributed by atoms with Crippen LogP contribution in [0.15, 0.2) is 0 Å². The molecule has 3 aliphatic rings. The zero-order valence-corrected chi connectivity index (χ0v) is 15.4. The third-order valence-electron chi connectivity index (χ3n) is 5.68. The van der Waals surface area contributed by atoms with E-state index in [1.807, 2.05) is 6.92 Å². The highest BCUT2D eigenvalue weighted by Crippen LogP contribution is 2.56. The molecular formula is C18H28N2O5. The summed E-state index contributed by atoms with van der Waals surface area (Å²) in [5.74, 6) is -1.25. The van der Waals surface area contributed by atoms with Crippen molar-refractivity contribution in [1.82, 2.24) is 10.2 Å². The maximum atomic E-state index is 13.2. The fourth-order valence-corrected chi connectivity index (χ4v) is 3.66. The van der Waals surface area contributed by atoms with Gasteiger partial charge in [0, 0.05) is 6.54 Å². The van der Waals surface area contributed by atoms with E-state index in [1.165, 1.54) is 4.90 Å². The zero-order chi connectivity index (χ0) is 18.6. The Hall–Kier alpha value is -1.79. The van der Waals surface area contributed by atoms with Crippen LogP contribution < -0.4 is 5.32 Å². The summed E-state index contributed by atoms with van der Waals surface area (Å²) >= 11 is 0. The van der Waals surface area contributed by atoms with Gasteiger partial charge in [-0.1, -0.05) is 6.92 Å². The van der Waals surface area contributed by atoms with Gasteiger partial charge >= 0.3 is 12.1 Å². The number of amides is 2. The molecule has 2 atom stereocenters. The van der Waals surface area contributed by atoms with Crippen LogP contribution in [0.3, 0.4) is 0 Å². The van der Waals surface area contributed by atoms with Gasteiger partial charge in [0.25, 0.3) is 0 Å². The highest BCUT2D eigenvalue weighted by Gasteiger charge is 2.58. The molecule has 25 heavy (non-hydrogen) atoms. The van der Waals surface area contributed by atoms with Crippen molar-refractivity contribution in [2.45, 2.75) is 77.5 Å². The van der Waals surface area contributed by atoms with Gasteiger partial charge in [0.05, 0.1) is 0 Å². The molecule has 0 aromatic rings. The number of aliphatic carboxylic acids is 1. The first-order valence-electron chi connectivity index (χ1n) is 8.98. The van der Waals surface area contributed by atoms with Gasteiger partial charge in [0.2, 0.25) is 5.91 Å². The Bertz CT molecular complexity index is 601. The number of carboxylic acid groups (broad SMARTS) is 1. The lowest BCUT2D eigenvalue weighted by Gasteiger charge is -2.31. The zero-order valence-electron chi connectivity index (χ0n) is 15.4. The molecule has 1 heterocycles. The number of nitrogens with one attached hydrogen (secondary N) is 1. The van der Waals surface area contributed by atoms with E-state index in [1.54, 1.807) is 20.8 Å². The van der Waals surface area contributed by atoms with Crippen molar-refractivity contribution < 1.29 is 24.2 Å². The fraction of sp³-hybridized carbons (Fsp3) is 0.833. The molecular weight excluding hydrogens is 324 g/mol. The first-order chi connectivity index (χ1) is 11.4. The van der Waals surface area contributed by atoms with Gasteiger partial charge in [-0.25, -0.2) is 9.59 Å². The average Bonchev–Trinajstić information content (AvgIpc) is 3.33. The summed E-state index contributed by atoms with van der Waals surface area (Å²) in [6.07, 6.45) is 3.49. The van der Waals surface area contributed by atoms with Crippen molar-refractivity contribution in [3.05, 3.63) is 0 Å². The Morgan fingerprint density at radius 1 is 1.20 bits per heavy atom. The number of likely N-dealkylation sites (tertiary alicyclic amines) is 1. The van der Waals surface area contributed by atoms with Gasteiger partial charge in [0.1, 0.15) is 17.7 Å². The minimum absolute atomic E-state index is 0.0142. The Morgan fingerprint density at radius 2 is 1.80 bits per heavy atom. The van der Waals surface area contributed by atoms with Crippen LogP contribution in [0.25, 0.3) is 0 Å². The van der Waals surface area contributed by atoms with Crippen molar-refractivity contribution in [2.75, 3.05) is 6.54 Å². The fourth-order valence-electron chi connectivity index (χ4n) is 3.66. The van der Waals surface area contributed by atoms with Gasteiger partial charge in [0.15, 0.2) is 0 Å².